The fourth-order valence-electron chi connectivity index (χ4n) is 4.43. The van der Waals surface area contributed by atoms with Crippen molar-refractivity contribution in [3.05, 3.63) is 87.8 Å². The van der Waals surface area contributed by atoms with Gasteiger partial charge in [0.25, 0.3) is 0 Å². The van der Waals surface area contributed by atoms with E-state index in [2.05, 4.69) is 0 Å². The Hall–Kier alpha value is -4.26. The van der Waals surface area contributed by atoms with E-state index < -0.39 is 5.97 Å². The highest BCUT2D eigenvalue weighted by atomic mass is 16.6. The van der Waals surface area contributed by atoms with Crippen molar-refractivity contribution in [3.8, 4) is 28.4 Å². The average molecular weight is 501 g/mol. The van der Waals surface area contributed by atoms with Crippen LogP contribution in [-0.2, 0) is 22.6 Å². The number of ether oxygens (including phenoxy) is 4. The van der Waals surface area contributed by atoms with Crippen molar-refractivity contribution < 1.29 is 28.2 Å². The molecule has 0 bridgehead atoms. The van der Waals surface area contributed by atoms with Crippen molar-refractivity contribution in [3.63, 3.8) is 0 Å². The minimum Gasteiger partial charge on any atom is -0.486 e. The van der Waals surface area contributed by atoms with Gasteiger partial charge in [0.2, 0.25) is 5.43 Å². The minimum atomic E-state index is -0.474. The fraction of sp³-hybridized carbons (Fsp3) is 0.267. The molecule has 0 fully saturated rings. The van der Waals surface area contributed by atoms with E-state index >= 15 is 0 Å². The van der Waals surface area contributed by atoms with Gasteiger partial charge in [-0.3, -0.25) is 4.79 Å². The maximum atomic E-state index is 13.6. The van der Waals surface area contributed by atoms with Gasteiger partial charge in [-0.05, 0) is 48.2 Å². The van der Waals surface area contributed by atoms with Crippen LogP contribution in [0.25, 0.3) is 22.1 Å². The van der Waals surface area contributed by atoms with Crippen LogP contribution in [0.3, 0.4) is 0 Å². The number of aryl methyl sites for hydroxylation is 2. The zero-order valence-electron chi connectivity index (χ0n) is 20.9. The summed E-state index contributed by atoms with van der Waals surface area (Å²) in [6.45, 7) is 4.70. The normalized spacial score (nSPS) is 12.4. The van der Waals surface area contributed by atoms with Gasteiger partial charge in [0.15, 0.2) is 18.1 Å². The van der Waals surface area contributed by atoms with Crippen LogP contribution in [0.1, 0.15) is 30.2 Å². The molecule has 7 nitrogen and oxygen atoms in total. The highest BCUT2D eigenvalue weighted by molar-refractivity contribution is 5.85. The van der Waals surface area contributed by atoms with E-state index in [4.69, 9.17) is 23.4 Å². The van der Waals surface area contributed by atoms with Crippen molar-refractivity contribution in [2.24, 2.45) is 0 Å². The number of fused-ring (bicyclic) bond motifs is 2. The average Bonchev–Trinajstić information content (AvgIpc) is 2.92. The van der Waals surface area contributed by atoms with E-state index in [-0.39, 0.29) is 18.6 Å². The van der Waals surface area contributed by atoms with Crippen LogP contribution in [0.4, 0.5) is 0 Å². The van der Waals surface area contributed by atoms with Crippen molar-refractivity contribution in [2.45, 2.75) is 33.3 Å². The van der Waals surface area contributed by atoms with Crippen LogP contribution in [0.2, 0.25) is 0 Å². The quantitative estimate of drug-likeness (QED) is 0.291. The molecule has 0 amide bonds. The smallest absolute Gasteiger partial charge is 0.344 e. The molecule has 3 aromatic carbocycles. The van der Waals surface area contributed by atoms with Gasteiger partial charge in [0.1, 0.15) is 36.9 Å². The number of rotatable bonds is 8. The Kier molecular flexibility index (Phi) is 7.12. The SMILES string of the molecule is CCCc1cc2c(=O)c(-c3ccc4c(c3)OCCO4)c(C)oc2cc1OCC(=O)OCc1ccccc1. The first-order valence-corrected chi connectivity index (χ1v) is 12.4. The molecule has 190 valence electrons. The molecule has 4 aromatic rings. The molecule has 1 aromatic heterocycles. The summed E-state index contributed by atoms with van der Waals surface area (Å²) in [6, 6.07) is 18.4. The lowest BCUT2D eigenvalue weighted by molar-refractivity contribution is -0.147. The van der Waals surface area contributed by atoms with Crippen LogP contribution in [0, 0.1) is 6.92 Å². The van der Waals surface area contributed by atoms with Gasteiger partial charge in [-0.25, -0.2) is 4.79 Å². The van der Waals surface area contributed by atoms with Crippen molar-refractivity contribution in [1.82, 2.24) is 0 Å². The molecule has 1 aliphatic heterocycles. The first-order chi connectivity index (χ1) is 18.0. The van der Waals surface area contributed by atoms with Crippen molar-refractivity contribution in [1.29, 1.82) is 0 Å². The molecule has 0 radical (unpaired) electrons. The number of benzene rings is 3. The number of hydrogen-bond acceptors (Lipinski definition) is 7. The molecule has 0 unspecified atom stereocenters. The Morgan fingerprint density at radius 3 is 2.54 bits per heavy atom. The Morgan fingerprint density at radius 2 is 1.76 bits per heavy atom. The largest absolute Gasteiger partial charge is 0.486 e. The van der Waals surface area contributed by atoms with E-state index in [1.165, 1.54) is 0 Å². The third kappa shape index (κ3) is 5.31. The molecule has 5 rings (SSSR count). The molecule has 0 aliphatic carbocycles. The van der Waals surface area contributed by atoms with Gasteiger partial charge >= 0.3 is 5.97 Å². The third-order valence-electron chi connectivity index (χ3n) is 6.19. The topological polar surface area (TPSA) is 84.2 Å². The molecular formula is C30H28O7. The van der Waals surface area contributed by atoms with E-state index in [0.717, 1.165) is 17.5 Å². The Balaban J connectivity index is 1.42. The summed E-state index contributed by atoms with van der Waals surface area (Å²) >= 11 is 0. The van der Waals surface area contributed by atoms with E-state index in [1.807, 2.05) is 55.5 Å². The molecular weight excluding hydrogens is 472 g/mol. The second-order valence-corrected chi connectivity index (χ2v) is 8.86. The van der Waals surface area contributed by atoms with Crippen LogP contribution in [0.15, 0.2) is 69.9 Å². The van der Waals surface area contributed by atoms with Crippen LogP contribution < -0.4 is 19.6 Å². The Bertz CT molecular complexity index is 1490. The third-order valence-corrected chi connectivity index (χ3v) is 6.19. The monoisotopic (exact) mass is 500 g/mol. The van der Waals surface area contributed by atoms with Gasteiger partial charge in [-0.1, -0.05) is 49.7 Å². The first kappa shape index (κ1) is 24.4. The predicted molar refractivity (Wildman–Crippen MR) is 139 cm³/mol. The lowest BCUT2D eigenvalue weighted by Gasteiger charge is -2.19. The van der Waals surface area contributed by atoms with Crippen molar-refractivity contribution in [2.75, 3.05) is 19.8 Å². The molecule has 37 heavy (non-hydrogen) atoms. The van der Waals surface area contributed by atoms with Gasteiger partial charge in [-0.15, -0.1) is 0 Å². The number of esters is 1. The molecule has 0 atom stereocenters. The van der Waals surface area contributed by atoms with E-state index in [1.54, 1.807) is 19.1 Å². The maximum absolute atomic E-state index is 13.6. The van der Waals surface area contributed by atoms with Crippen LogP contribution in [0.5, 0.6) is 17.2 Å². The lowest BCUT2D eigenvalue weighted by atomic mass is 9.99. The zero-order valence-corrected chi connectivity index (χ0v) is 20.9. The summed E-state index contributed by atoms with van der Waals surface area (Å²) in [7, 11) is 0. The first-order valence-electron chi connectivity index (χ1n) is 12.4. The summed E-state index contributed by atoms with van der Waals surface area (Å²) in [4.78, 5) is 25.9. The molecule has 2 heterocycles. The summed E-state index contributed by atoms with van der Waals surface area (Å²) in [5.41, 5.74) is 3.17. The van der Waals surface area contributed by atoms with Crippen LogP contribution in [-0.4, -0.2) is 25.8 Å². The summed E-state index contributed by atoms with van der Waals surface area (Å²) in [5, 5.41) is 0.456. The Labute approximate surface area is 214 Å². The lowest BCUT2D eigenvalue weighted by Crippen LogP contribution is -2.16. The second-order valence-electron chi connectivity index (χ2n) is 8.86. The Morgan fingerprint density at radius 1 is 0.973 bits per heavy atom. The predicted octanol–water partition coefficient (Wildman–Crippen LogP) is 5.61. The van der Waals surface area contributed by atoms with E-state index in [9.17, 15) is 9.59 Å². The highest BCUT2D eigenvalue weighted by Crippen LogP contribution is 2.36. The summed E-state index contributed by atoms with van der Waals surface area (Å²) in [5.74, 6) is 1.77. The van der Waals surface area contributed by atoms with Gasteiger partial charge < -0.3 is 23.4 Å². The molecule has 0 spiro atoms. The number of hydrogen-bond donors (Lipinski definition) is 0. The van der Waals surface area contributed by atoms with Crippen molar-refractivity contribution >= 4 is 16.9 Å². The van der Waals surface area contributed by atoms with Gasteiger partial charge in [-0.2, -0.15) is 0 Å². The second kappa shape index (κ2) is 10.8. The fourth-order valence-corrected chi connectivity index (χ4v) is 4.43. The number of carbonyl (C=O) groups is 1. The highest BCUT2D eigenvalue weighted by Gasteiger charge is 2.20. The zero-order chi connectivity index (χ0) is 25.8. The number of carbonyl (C=O) groups excluding carboxylic acids is 1. The van der Waals surface area contributed by atoms with E-state index in [0.29, 0.717) is 64.7 Å². The summed E-state index contributed by atoms with van der Waals surface area (Å²) < 4.78 is 28.6. The molecule has 0 saturated carbocycles. The summed E-state index contributed by atoms with van der Waals surface area (Å²) in [6.07, 6.45) is 1.52. The van der Waals surface area contributed by atoms with Gasteiger partial charge in [0, 0.05) is 6.07 Å². The molecule has 0 saturated heterocycles. The minimum absolute atomic E-state index is 0.137. The standard InChI is InChI=1S/C30H28O7/c1-3-7-21-14-23-26(16-25(21)35-18-28(31)36-17-20-8-5-4-6-9-20)37-19(2)29(30(23)32)22-10-11-24-27(15-22)34-13-12-33-24/h4-6,8-11,14-16H,3,7,12-13,17-18H2,1-2H3. The molecule has 0 N–H and O–H groups in total. The molecule has 1 aliphatic rings. The maximum Gasteiger partial charge on any atom is 0.344 e. The molecule has 7 heteroatoms. The van der Waals surface area contributed by atoms with Gasteiger partial charge in [0.05, 0.1) is 10.9 Å². The van der Waals surface area contributed by atoms with Crippen LogP contribution >= 0.6 is 0 Å².